The Bertz CT molecular complexity index is 915. The number of esters is 1. The van der Waals surface area contributed by atoms with Gasteiger partial charge in [0.1, 0.15) is 18.2 Å². The molecule has 0 aliphatic rings. The summed E-state index contributed by atoms with van der Waals surface area (Å²) >= 11 is 0. The summed E-state index contributed by atoms with van der Waals surface area (Å²) in [4.78, 5) is 11.8. The van der Waals surface area contributed by atoms with Gasteiger partial charge in [0.25, 0.3) is 0 Å². The fraction of sp³-hybridized carbons (Fsp3) is 0.304. The molecule has 2 aromatic rings. The number of ether oxygens (including phenoxy) is 3. The van der Waals surface area contributed by atoms with Crippen LogP contribution < -0.4 is 9.47 Å². The molecule has 0 saturated heterocycles. The van der Waals surface area contributed by atoms with Gasteiger partial charge in [0.05, 0.1) is 13.7 Å². The van der Waals surface area contributed by atoms with Crippen LogP contribution in [0.15, 0.2) is 35.9 Å². The van der Waals surface area contributed by atoms with Crippen molar-refractivity contribution < 1.29 is 19.0 Å². The highest BCUT2D eigenvalue weighted by molar-refractivity contribution is 5.97. The molecule has 2 aromatic carbocycles. The Kier molecular flexibility index (Phi) is 7.22. The van der Waals surface area contributed by atoms with Crippen molar-refractivity contribution in [3.05, 3.63) is 63.7 Å². The molecule has 0 saturated carbocycles. The van der Waals surface area contributed by atoms with E-state index in [1.807, 2.05) is 6.07 Å². The fourth-order valence-electron chi connectivity index (χ4n) is 2.99. The molecule has 5 nitrogen and oxygen atoms in total. The number of benzene rings is 2. The van der Waals surface area contributed by atoms with E-state index >= 15 is 0 Å². The van der Waals surface area contributed by atoms with E-state index < -0.39 is 5.97 Å². The number of hydrogen-bond acceptors (Lipinski definition) is 5. The lowest BCUT2D eigenvalue weighted by Crippen LogP contribution is -2.06. The Hall–Kier alpha value is -3.26. The van der Waals surface area contributed by atoms with Crippen LogP contribution in [0.2, 0.25) is 0 Å². The maximum atomic E-state index is 11.8. The number of carbonyl (C=O) groups excluding carboxylic acids is 1. The smallest absolute Gasteiger partial charge is 0.348 e. The zero-order valence-corrected chi connectivity index (χ0v) is 17.0. The average molecular weight is 379 g/mol. The number of methoxy groups -OCH3 is 1. The third kappa shape index (κ3) is 5.14. The van der Waals surface area contributed by atoms with Crippen LogP contribution in [-0.4, -0.2) is 19.7 Å². The molecule has 2 rings (SSSR count). The zero-order valence-electron chi connectivity index (χ0n) is 17.0. The molecule has 0 heterocycles. The number of aryl methyl sites for hydroxylation is 3. The lowest BCUT2D eigenvalue weighted by atomic mass is 10.0. The minimum atomic E-state index is -0.644. The Balaban J connectivity index is 2.24. The van der Waals surface area contributed by atoms with E-state index in [1.165, 1.54) is 22.8 Å². The first-order valence-electron chi connectivity index (χ1n) is 9.06. The molecule has 0 unspecified atom stereocenters. The van der Waals surface area contributed by atoms with Crippen LogP contribution in [0, 0.1) is 32.1 Å². The van der Waals surface area contributed by atoms with Gasteiger partial charge < -0.3 is 14.2 Å². The predicted molar refractivity (Wildman–Crippen MR) is 108 cm³/mol. The van der Waals surface area contributed by atoms with Crippen molar-refractivity contribution in [2.45, 2.75) is 34.3 Å². The van der Waals surface area contributed by atoms with Gasteiger partial charge in [-0.3, -0.25) is 0 Å². The van der Waals surface area contributed by atoms with Crippen molar-refractivity contribution in [3.63, 3.8) is 0 Å². The standard InChI is InChI=1S/C23H25NO4/c1-6-27-23(25)19(13-24)11-18-7-8-21(22(12-18)26-5)28-14-20-16(3)9-15(2)10-17(20)4/h7-12H,6,14H2,1-5H3/b19-11+. The van der Waals surface area contributed by atoms with Crippen molar-refractivity contribution in [2.24, 2.45) is 0 Å². The van der Waals surface area contributed by atoms with E-state index in [-0.39, 0.29) is 12.2 Å². The van der Waals surface area contributed by atoms with Gasteiger partial charge in [-0.1, -0.05) is 23.8 Å². The van der Waals surface area contributed by atoms with Crippen molar-refractivity contribution in [1.29, 1.82) is 5.26 Å². The van der Waals surface area contributed by atoms with E-state index in [9.17, 15) is 10.1 Å². The molecular weight excluding hydrogens is 354 g/mol. The summed E-state index contributed by atoms with van der Waals surface area (Å²) in [5.74, 6) is 0.473. The van der Waals surface area contributed by atoms with Crippen LogP contribution in [-0.2, 0) is 16.1 Å². The minimum absolute atomic E-state index is 0.0662. The van der Waals surface area contributed by atoms with Crippen LogP contribution in [0.3, 0.4) is 0 Å². The lowest BCUT2D eigenvalue weighted by Gasteiger charge is -2.15. The van der Waals surface area contributed by atoms with Crippen molar-refractivity contribution in [1.82, 2.24) is 0 Å². The van der Waals surface area contributed by atoms with Gasteiger partial charge in [-0.15, -0.1) is 0 Å². The average Bonchev–Trinajstić information content (AvgIpc) is 2.65. The molecule has 0 bridgehead atoms. The molecule has 0 fully saturated rings. The summed E-state index contributed by atoms with van der Waals surface area (Å²) in [5.41, 5.74) is 5.32. The van der Waals surface area contributed by atoms with Crippen molar-refractivity contribution in [2.75, 3.05) is 13.7 Å². The first kappa shape index (κ1) is 21.0. The first-order valence-corrected chi connectivity index (χ1v) is 9.06. The third-order valence-electron chi connectivity index (χ3n) is 4.33. The topological polar surface area (TPSA) is 68.6 Å². The molecule has 146 valence electrons. The molecule has 0 amide bonds. The number of rotatable bonds is 7. The maximum Gasteiger partial charge on any atom is 0.348 e. The molecule has 0 aliphatic heterocycles. The summed E-state index contributed by atoms with van der Waals surface area (Å²) in [6.07, 6.45) is 1.47. The van der Waals surface area contributed by atoms with Crippen LogP contribution in [0.1, 0.15) is 34.7 Å². The molecular formula is C23H25NO4. The number of hydrogen-bond donors (Lipinski definition) is 0. The normalized spacial score (nSPS) is 10.9. The summed E-state index contributed by atoms with van der Waals surface area (Å²) < 4.78 is 16.3. The van der Waals surface area contributed by atoms with Gasteiger partial charge in [0.2, 0.25) is 0 Å². The largest absolute Gasteiger partial charge is 0.493 e. The SMILES string of the molecule is CCOC(=O)/C(C#N)=C/c1ccc(OCc2c(C)cc(C)cc2C)c(OC)c1. The fourth-order valence-corrected chi connectivity index (χ4v) is 2.99. The van der Waals surface area contributed by atoms with Gasteiger partial charge >= 0.3 is 5.97 Å². The molecule has 0 aliphatic carbocycles. The van der Waals surface area contributed by atoms with Crippen LogP contribution in [0.25, 0.3) is 6.08 Å². The number of carbonyl (C=O) groups is 1. The molecule has 0 N–H and O–H groups in total. The molecule has 0 atom stereocenters. The van der Waals surface area contributed by atoms with E-state index in [0.717, 1.165) is 5.56 Å². The third-order valence-corrected chi connectivity index (χ3v) is 4.33. The zero-order chi connectivity index (χ0) is 20.7. The predicted octanol–water partition coefficient (Wildman–Crippen LogP) is 4.67. The second-order valence-electron chi connectivity index (χ2n) is 6.47. The van der Waals surface area contributed by atoms with Gasteiger partial charge in [-0.2, -0.15) is 5.26 Å². The highest BCUT2D eigenvalue weighted by atomic mass is 16.5. The van der Waals surface area contributed by atoms with E-state index in [2.05, 4.69) is 32.9 Å². The number of nitrogens with zero attached hydrogens (tertiary/aromatic N) is 1. The van der Waals surface area contributed by atoms with Crippen molar-refractivity contribution in [3.8, 4) is 17.6 Å². The monoisotopic (exact) mass is 379 g/mol. The molecule has 0 radical (unpaired) electrons. The highest BCUT2D eigenvalue weighted by Crippen LogP contribution is 2.30. The summed E-state index contributed by atoms with van der Waals surface area (Å²) in [6, 6.07) is 11.4. The molecule has 28 heavy (non-hydrogen) atoms. The summed E-state index contributed by atoms with van der Waals surface area (Å²) in [7, 11) is 1.55. The summed E-state index contributed by atoms with van der Waals surface area (Å²) in [6.45, 7) is 8.55. The number of nitriles is 1. The Morgan fingerprint density at radius 2 is 1.79 bits per heavy atom. The summed E-state index contributed by atoms with van der Waals surface area (Å²) in [5, 5.41) is 9.17. The van der Waals surface area contributed by atoms with Gasteiger partial charge in [-0.05, 0) is 68.2 Å². The molecule has 5 heteroatoms. The Morgan fingerprint density at radius 1 is 1.11 bits per heavy atom. The Labute approximate surface area is 166 Å². The van der Waals surface area contributed by atoms with Gasteiger partial charge in [0, 0.05) is 0 Å². The van der Waals surface area contributed by atoms with Gasteiger partial charge in [0.15, 0.2) is 11.5 Å². The van der Waals surface area contributed by atoms with Gasteiger partial charge in [-0.25, -0.2) is 4.79 Å². The second-order valence-corrected chi connectivity index (χ2v) is 6.47. The minimum Gasteiger partial charge on any atom is -0.493 e. The maximum absolute atomic E-state index is 11.8. The van der Waals surface area contributed by atoms with Crippen LogP contribution in [0.5, 0.6) is 11.5 Å². The molecule has 0 spiro atoms. The Morgan fingerprint density at radius 3 is 2.36 bits per heavy atom. The second kappa shape index (κ2) is 9.61. The lowest BCUT2D eigenvalue weighted by molar-refractivity contribution is -0.137. The van der Waals surface area contributed by atoms with E-state index in [1.54, 1.807) is 32.2 Å². The van der Waals surface area contributed by atoms with E-state index in [0.29, 0.717) is 23.7 Å². The quantitative estimate of drug-likeness (QED) is 0.397. The van der Waals surface area contributed by atoms with Crippen LogP contribution >= 0.6 is 0 Å². The van der Waals surface area contributed by atoms with Crippen molar-refractivity contribution >= 4 is 12.0 Å². The first-order chi connectivity index (χ1) is 13.4. The highest BCUT2D eigenvalue weighted by Gasteiger charge is 2.12. The van der Waals surface area contributed by atoms with E-state index in [4.69, 9.17) is 14.2 Å². The molecule has 0 aromatic heterocycles. The van der Waals surface area contributed by atoms with Crippen LogP contribution in [0.4, 0.5) is 0 Å².